The van der Waals surface area contributed by atoms with E-state index in [0.717, 1.165) is 28.4 Å². The van der Waals surface area contributed by atoms with Crippen LogP contribution in [0.15, 0.2) is 90.1 Å². The average Bonchev–Trinajstić information content (AvgIpc) is 3.27. The van der Waals surface area contributed by atoms with Gasteiger partial charge in [-0.25, -0.2) is 0 Å². The number of ether oxygens (including phenoxy) is 1. The summed E-state index contributed by atoms with van der Waals surface area (Å²) in [5, 5.41) is 12.5. The van der Waals surface area contributed by atoms with E-state index in [-0.39, 0.29) is 5.91 Å². The van der Waals surface area contributed by atoms with Gasteiger partial charge < -0.3 is 10.1 Å². The van der Waals surface area contributed by atoms with Crippen molar-refractivity contribution >= 4 is 17.7 Å². The zero-order chi connectivity index (χ0) is 22.2. The van der Waals surface area contributed by atoms with E-state index >= 15 is 0 Å². The fraction of sp³-hybridized carbons (Fsp3) is 0.160. The molecule has 0 atom stereocenters. The minimum Gasteiger partial charge on any atom is -0.495 e. The third-order valence-electron chi connectivity index (χ3n) is 4.88. The van der Waals surface area contributed by atoms with E-state index in [1.165, 1.54) is 11.8 Å². The van der Waals surface area contributed by atoms with E-state index in [4.69, 9.17) is 4.74 Å². The number of aromatic nitrogens is 3. The summed E-state index contributed by atoms with van der Waals surface area (Å²) in [5.41, 5.74) is 2.89. The molecule has 0 fully saturated rings. The minimum absolute atomic E-state index is 0.00740. The quantitative estimate of drug-likeness (QED) is 0.378. The fourth-order valence-electron chi connectivity index (χ4n) is 3.29. The highest BCUT2D eigenvalue weighted by Gasteiger charge is 2.19. The van der Waals surface area contributed by atoms with E-state index in [1.54, 1.807) is 7.11 Å². The molecule has 1 aromatic heterocycles. The molecule has 1 amide bonds. The number of benzene rings is 3. The number of carbonyl (C=O) groups is 1. The predicted molar refractivity (Wildman–Crippen MR) is 127 cm³/mol. The van der Waals surface area contributed by atoms with Crippen LogP contribution in [0.25, 0.3) is 17.1 Å². The third kappa shape index (κ3) is 5.18. The first-order valence-electron chi connectivity index (χ1n) is 10.3. The Labute approximate surface area is 191 Å². The number of hydrogen-bond donors (Lipinski definition) is 1. The first-order valence-corrected chi connectivity index (χ1v) is 11.3. The monoisotopic (exact) mass is 444 g/mol. The summed E-state index contributed by atoms with van der Waals surface area (Å²) in [5.74, 6) is 2.05. The Kier molecular flexibility index (Phi) is 7.19. The van der Waals surface area contributed by atoms with Crippen molar-refractivity contribution in [2.45, 2.75) is 18.1 Å². The van der Waals surface area contributed by atoms with Gasteiger partial charge in [0.15, 0.2) is 11.0 Å². The van der Waals surface area contributed by atoms with Gasteiger partial charge >= 0.3 is 0 Å². The Hall–Kier alpha value is -3.58. The van der Waals surface area contributed by atoms with Gasteiger partial charge in [0.2, 0.25) is 5.91 Å². The van der Waals surface area contributed by atoms with Crippen molar-refractivity contribution in [3.63, 3.8) is 0 Å². The van der Waals surface area contributed by atoms with Gasteiger partial charge in [-0.2, -0.15) is 0 Å². The Morgan fingerprint density at radius 2 is 1.62 bits per heavy atom. The average molecular weight is 445 g/mol. The number of nitrogens with zero attached hydrogens (tertiary/aromatic N) is 3. The molecule has 0 aliphatic heterocycles. The van der Waals surface area contributed by atoms with Crippen LogP contribution in [0.1, 0.15) is 12.0 Å². The van der Waals surface area contributed by atoms with Gasteiger partial charge in [0, 0.05) is 24.3 Å². The molecule has 0 saturated heterocycles. The number of para-hydroxylation sites is 2. The summed E-state index contributed by atoms with van der Waals surface area (Å²) < 4.78 is 7.57. The second kappa shape index (κ2) is 10.6. The van der Waals surface area contributed by atoms with Crippen LogP contribution in [0.5, 0.6) is 5.75 Å². The largest absolute Gasteiger partial charge is 0.495 e. The molecule has 1 N–H and O–H groups in total. The maximum Gasteiger partial charge on any atom is 0.221 e. The number of rotatable bonds is 9. The first kappa shape index (κ1) is 21.6. The van der Waals surface area contributed by atoms with Gasteiger partial charge in [-0.3, -0.25) is 9.36 Å². The Bertz CT molecular complexity index is 1160. The Morgan fingerprint density at radius 1 is 0.938 bits per heavy atom. The summed E-state index contributed by atoms with van der Waals surface area (Å²) in [6.07, 6.45) is 0.386. The van der Waals surface area contributed by atoms with Crippen LogP contribution < -0.4 is 10.1 Å². The van der Waals surface area contributed by atoms with Gasteiger partial charge in [-0.05, 0) is 17.7 Å². The van der Waals surface area contributed by atoms with Crippen molar-refractivity contribution < 1.29 is 9.53 Å². The smallest absolute Gasteiger partial charge is 0.221 e. The van der Waals surface area contributed by atoms with Gasteiger partial charge in [0.25, 0.3) is 0 Å². The molecule has 162 valence electrons. The molecule has 0 unspecified atom stereocenters. The highest BCUT2D eigenvalue weighted by molar-refractivity contribution is 7.99. The van der Waals surface area contributed by atoms with E-state index in [0.29, 0.717) is 23.9 Å². The molecule has 7 heteroatoms. The number of nitrogens with one attached hydrogen (secondary N) is 1. The van der Waals surface area contributed by atoms with Crippen molar-refractivity contribution in [1.29, 1.82) is 0 Å². The van der Waals surface area contributed by atoms with Gasteiger partial charge in [-0.1, -0.05) is 84.6 Å². The molecule has 0 radical (unpaired) electrons. The maximum atomic E-state index is 12.3. The number of hydrogen-bond acceptors (Lipinski definition) is 5. The lowest BCUT2D eigenvalue weighted by atomic mass is 10.2. The molecule has 1 heterocycles. The van der Waals surface area contributed by atoms with E-state index < -0.39 is 0 Å². The lowest BCUT2D eigenvalue weighted by Gasteiger charge is -2.14. The van der Waals surface area contributed by atoms with E-state index in [9.17, 15) is 4.79 Å². The molecular formula is C25H24N4O2S. The predicted octanol–water partition coefficient (Wildman–Crippen LogP) is 4.74. The van der Waals surface area contributed by atoms with Crippen molar-refractivity contribution in [2.24, 2.45) is 0 Å². The highest BCUT2D eigenvalue weighted by atomic mass is 32.2. The standard InChI is InChI=1S/C25H24N4O2S/c1-31-22-15-9-8-14-21(22)29-24(20-12-6-3-7-13-20)27-28-25(29)32-17-16-23(30)26-18-19-10-4-2-5-11-19/h2-15H,16-18H2,1H3,(H,26,30). The minimum atomic E-state index is 0.00740. The number of methoxy groups -OCH3 is 1. The van der Waals surface area contributed by atoms with Crippen molar-refractivity contribution in [1.82, 2.24) is 20.1 Å². The first-order chi connectivity index (χ1) is 15.8. The molecule has 0 spiro atoms. The molecule has 3 aromatic carbocycles. The molecule has 4 rings (SSSR count). The van der Waals surface area contributed by atoms with Crippen LogP contribution in [-0.2, 0) is 11.3 Å². The second-order valence-electron chi connectivity index (χ2n) is 7.04. The van der Waals surface area contributed by atoms with Crippen molar-refractivity contribution in [3.8, 4) is 22.8 Å². The van der Waals surface area contributed by atoms with Crippen LogP contribution in [0.2, 0.25) is 0 Å². The Balaban J connectivity index is 1.50. The third-order valence-corrected chi connectivity index (χ3v) is 5.81. The van der Waals surface area contributed by atoms with Gasteiger partial charge in [0.1, 0.15) is 5.75 Å². The number of thioether (sulfide) groups is 1. The topological polar surface area (TPSA) is 69.0 Å². The molecule has 0 saturated carbocycles. The second-order valence-corrected chi connectivity index (χ2v) is 8.10. The van der Waals surface area contributed by atoms with Crippen LogP contribution in [-0.4, -0.2) is 33.5 Å². The fourth-order valence-corrected chi connectivity index (χ4v) is 4.17. The maximum absolute atomic E-state index is 12.3. The van der Waals surface area contributed by atoms with Gasteiger partial charge in [-0.15, -0.1) is 10.2 Å². The van der Waals surface area contributed by atoms with Crippen molar-refractivity contribution in [3.05, 3.63) is 90.5 Å². The zero-order valence-corrected chi connectivity index (χ0v) is 18.6. The zero-order valence-electron chi connectivity index (χ0n) is 17.8. The molecule has 0 bridgehead atoms. The molecule has 0 aliphatic rings. The number of amides is 1. The lowest BCUT2D eigenvalue weighted by Crippen LogP contribution is -2.23. The van der Waals surface area contributed by atoms with E-state index in [2.05, 4.69) is 15.5 Å². The summed E-state index contributed by atoms with van der Waals surface area (Å²) in [6, 6.07) is 27.6. The van der Waals surface area contributed by atoms with Crippen LogP contribution >= 0.6 is 11.8 Å². The van der Waals surface area contributed by atoms with Crippen LogP contribution in [0.3, 0.4) is 0 Å². The summed E-state index contributed by atoms with van der Waals surface area (Å²) in [7, 11) is 1.65. The molecule has 0 aliphatic carbocycles. The molecule has 6 nitrogen and oxygen atoms in total. The normalized spacial score (nSPS) is 10.7. The Morgan fingerprint density at radius 3 is 2.38 bits per heavy atom. The van der Waals surface area contributed by atoms with Gasteiger partial charge in [0.05, 0.1) is 12.8 Å². The molecule has 32 heavy (non-hydrogen) atoms. The number of carbonyl (C=O) groups excluding carboxylic acids is 1. The summed E-state index contributed by atoms with van der Waals surface area (Å²) >= 11 is 1.50. The SMILES string of the molecule is COc1ccccc1-n1c(SCCC(=O)NCc2ccccc2)nnc1-c1ccccc1. The summed E-state index contributed by atoms with van der Waals surface area (Å²) in [4.78, 5) is 12.3. The van der Waals surface area contributed by atoms with Crippen molar-refractivity contribution in [2.75, 3.05) is 12.9 Å². The highest BCUT2D eigenvalue weighted by Crippen LogP contribution is 2.32. The summed E-state index contributed by atoms with van der Waals surface area (Å²) in [6.45, 7) is 0.528. The molecule has 4 aromatic rings. The van der Waals surface area contributed by atoms with Crippen LogP contribution in [0.4, 0.5) is 0 Å². The van der Waals surface area contributed by atoms with E-state index in [1.807, 2.05) is 89.5 Å². The lowest BCUT2D eigenvalue weighted by molar-refractivity contribution is -0.120. The molecular weight excluding hydrogens is 420 g/mol. The van der Waals surface area contributed by atoms with Crippen LogP contribution in [0, 0.1) is 0 Å².